The summed E-state index contributed by atoms with van der Waals surface area (Å²) < 4.78 is 0. The molecule has 0 fully saturated rings. The first kappa shape index (κ1) is 12.0. The fourth-order valence-electron chi connectivity index (χ4n) is 1.60. The van der Waals surface area contributed by atoms with Crippen LogP contribution in [0.15, 0.2) is 41.4 Å². The number of carbonyl (C=O) groups is 1. The Morgan fingerprint density at radius 2 is 1.95 bits per heavy atom. The fraction of sp³-hybridized carbons (Fsp3) is 0. The highest BCUT2D eigenvalue weighted by Gasteiger charge is 2.11. The summed E-state index contributed by atoms with van der Waals surface area (Å²) in [6.07, 6.45) is 3.45. The number of aromatic carboxylic acids is 1. The number of thiazole rings is 1. The number of rotatable bonds is 3. The highest BCUT2D eigenvalue weighted by Crippen LogP contribution is 2.32. The molecule has 0 bridgehead atoms. The Hall–Kier alpha value is -2.05. The minimum absolute atomic E-state index is 0.304. The summed E-state index contributed by atoms with van der Waals surface area (Å²) in [5.41, 5.74) is 2.13. The molecule has 0 unspecified atom stereocenters. The Balaban J connectivity index is 1.94. The molecular weight excluding hydrogens is 280 g/mol. The molecule has 0 aliphatic heterocycles. The molecule has 1 N–H and O–H groups in total. The minimum atomic E-state index is -0.910. The molecule has 3 aromatic rings. The minimum Gasteiger partial charge on any atom is -0.478 e. The predicted octanol–water partition coefficient (Wildman–Crippen LogP) is 3.63. The third-order valence-electron chi connectivity index (χ3n) is 2.53. The maximum Gasteiger partial charge on any atom is 0.336 e. The second kappa shape index (κ2) is 4.91. The third kappa shape index (κ3) is 2.40. The van der Waals surface area contributed by atoms with Gasteiger partial charge in [-0.2, -0.15) is 0 Å². The van der Waals surface area contributed by atoms with E-state index in [0.717, 1.165) is 21.1 Å². The molecule has 0 saturated heterocycles. The van der Waals surface area contributed by atoms with Crippen molar-refractivity contribution in [3.63, 3.8) is 0 Å². The second-order valence-corrected chi connectivity index (χ2v) is 5.55. The number of carboxylic acid groups (broad SMARTS) is 1. The Kier molecular flexibility index (Phi) is 3.10. The van der Waals surface area contributed by atoms with Crippen molar-refractivity contribution in [2.45, 2.75) is 0 Å². The van der Waals surface area contributed by atoms with Crippen LogP contribution in [0.4, 0.5) is 0 Å². The molecule has 3 rings (SSSR count). The van der Waals surface area contributed by atoms with Crippen molar-refractivity contribution in [3.05, 3.63) is 46.9 Å². The molecular formula is C13H8N2O2S2. The van der Waals surface area contributed by atoms with Gasteiger partial charge in [0.1, 0.15) is 5.01 Å². The van der Waals surface area contributed by atoms with E-state index in [0.29, 0.717) is 5.56 Å². The van der Waals surface area contributed by atoms with Crippen LogP contribution in [0, 0.1) is 0 Å². The lowest BCUT2D eigenvalue weighted by Gasteiger charge is -1.93. The molecule has 0 aromatic carbocycles. The van der Waals surface area contributed by atoms with Crippen LogP contribution in [0.1, 0.15) is 10.4 Å². The van der Waals surface area contributed by atoms with Crippen LogP contribution in [0.3, 0.4) is 0 Å². The van der Waals surface area contributed by atoms with Gasteiger partial charge in [0.15, 0.2) is 0 Å². The molecule has 19 heavy (non-hydrogen) atoms. The number of hydrogen-bond acceptors (Lipinski definition) is 5. The summed E-state index contributed by atoms with van der Waals surface area (Å²) >= 11 is 2.93. The van der Waals surface area contributed by atoms with Gasteiger partial charge in [-0.05, 0) is 18.2 Å². The molecule has 0 radical (unpaired) electrons. The zero-order chi connectivity index (χ0) is 13.2. The molecule has 0 saturated carbocycles. The normalized spacial score (nSPS) is 10.5. The first-order valence-corrected chi connectivity index (χ1v) is 7.18. The zero-order valence-corrected chi connectivity index (χ0v) is 11.2. The van der Waals surface area contributed by atoms with Gasteiger partial charge in [-0.1, -0.05) is 0 Å². The summed E-state index contributed by atoms with van der Waals surface area (Å²) in [5.74, 6) is -0.910. The third-order valence-corrected chi connectivity index (χ3v) is 4.37. The van der Waals surface area contributed by atoms with E-state index >= 15 is 0 Å². The number of nitrogens with zero attached hydrogens (tertiary/aromatic N) is 2. The maximum atomic E-state index is 10.9. The molecule has 6 heteroatoms. The number of aromatic nitrogens is 2. The van der Waals surface area contributed by atoms with Crippen molar-refractivity contribution in [1.29, 1.82) is 0 Å². The molecule has 3 heterocycles. The Labute approximate surface area is 117 Å². The van der Waals surface area contributed by atoms with Crippen LogP contribution in [0.25, 0.3) is 21.1 Å². The van der Waals surface area contributed by atoms with E-state index in [1.54, 1.807) is 23.8 Å². The summed E-state index contributed by atoms with van der Waals surface area (Å²) in [5, 5.41) is 13.4. The van der Waals surface area contributed by atoms with Crippen molar-refractivity contribution < 1.29 is 9.90 Å². The molecule has 0 spiro atoms. The van der Waals surface area contributed by atoms with Gasteiger partial charge >= 0.3 is 5.97 Å². The quantitative estimate of drug-likeness (QED) is 0.799. The van der Waals surface area contributed by atoms with E-state index in [-0.39, 0.29) is 0 Å². The van der Waals surface area contributed by atoms with Crippen LogP contribution in [0.5, 0.6) is 0 Å². The van der Waals surface area contributed by atoms with Crippen molar-refractivity contribution >= 4 is 28.6 Å². The molecule has 0 aliphatic rings. The van der Waals surface area contributed by atoms with E-state index < -0.39 is 5.97 Å². The lowest BCUT2D eigenvalue weighted by atomic mass is 10.3. The van der Waals surface area contributed by atoms with Gasteiger partial charge in [0.05, 0.1) is 16.1 Å². The van der Waals surface area contributed by atoms with E-state index in [2.05, 4.69) is 9.97 Å². The molecule has 0 atom stereocenters. The summed E-state index contributed by atoms with van der Waals surface area (Å²) in [4.78, 5) is 20.2. The topological polar surface area (TPSA) is 63.1 Å². The summed E-state index contributed by atoms with van der Waals surface area (Å²) in [7, 11) is 0. The molecule has 0 amide bonds. The van der Waals surface area contributed by atoms with Gasteiger partial charge in [-0.15, -0.1) is 22.7 Å². The van der Waals surface area contributed by atoms with Crippen molar-refractivity contribution in [2.24, 2.45) is 0 Å². The maximum absolute atomic E-state index is 10.9. The van der Waals surface area contributed by atoms with Gasteiger partial charge in [-0.25, -0.2) is 9.78 Å². The standard InChI is InChI=1S/C13H8N2O2S2/c16-13(17)9-5-11(18-6-9)10-7-19-12(15-10)8-1-3-14-4-2-8/h1-7H,(H,16,17). The van der Waals surface area contributed by atoms with E-state index in [1.165, 1.54) is 22.7 Å². The average Bonchev–Trinajstić information content (AvgIpc) is 3.09. The number of thiophene rings is 1. The Bertz CT molecular complexity index is 719. The number of pyridine rings is 1. The number of hydrogen-bond donors (Lipinski definition) is 1. The average molecular weight is 288 g/mol. The molecule has 3 aromatic heterocycles. The highest BCUT2D eigenvalue weighted by atomic mass is 32.1. The summed E-state index contributed by atoms with van der Waals surface area (Å²) in [6.45, 7) is 0. The first-order valence-electron chi connectivity index (χ1n) is 5.42. The highest BCUT2D eigenvalue weighted by molar-refractivity contribution is 7.15. The van der Waals surface area contributed by atoms with Gasteiger partial charge in [0, 0.05) is 28.7 Å². The summed E-state index contributed by atoms with van der Waals surface area (Å²) in [6, 6.07) is 5.46. The first-order chi connectivity index (χ1) is 9.24. The number of carboxylic acids is 1. The smallest absolute Gasteiger partial charge is 0.336 e. The lowest BCUT2D eigenvalue weighted by Crippen LogP contribution is -1.91. The lowest BCUT2D eigenvalue weighted by molar-refractivity contribution is 0.0697. The van der Waals surface area contributed by atoms with Gasteiger partial charge in [0.2, 0.25) is 0 Å². The molecule has 94 valence electrons. The van der Waals surface area contributed by atoms with Crippen LogP contribution >= 0.6 is 22.7 Å². The zero-order valence-electron chi connectivity index (χ0n) is 9.61. The largest absolute Gasteiger partial charge is 0.478 e. The van der Waals surface area contributed by atoms with Crippen LogP contribution < -0.4 is 0 Å². The van der Waals surface area contributed by atoms with Crippen LogP contribution in [0.2, 0.25) is 0 Å². The van der Waals surface area contributed by atoms with Gasteiger partial charge in [0.25, 0.3) is 0 Å². The van der Waals surface area contributed by atoms with Gasteiger partial charge < -0.3 is 5.11 Å². The molecule has 0 aliphatic carbocycles. The van der Waals surface area contributed by atoms with Crippen molar-refractivity contribution in [1.82, 2.24) is 9.97 Å². The Morgan fingerprint density at radius 1 is 1.16 bits per heavy atom. The van der Waals surface area contributed by atoms with E-state index in [9.17, 15) is 4.79 Å². The Morgan fingerprint density at radius 3 is 2.63 bits per heavy atom. The predicted molar refractivity (Wildman–Crippen MR) is 75.6 cm³/mol. The van der Waals surface area contributed by atoms with Crippen LogP contribution in [-0.4, -0.2) is 21.0 Å². The van der Waals surface area contributed by atoms with Gasteiger partial charge in [-0.3, -0.25) is 4.98 Å². The van der Waals surface area contributed by atoms with Crippen molar-refractivity contribution in [2.75, 3.05) is 0 Å². The monoisotopic (exact) mass is 288 g/mol. The second-order valence-electron chi connectivity index (χ2n) is 3.78. The van der Waals surface area contributed by atoms with Crippen LogP contribution in [-0.2, 0) is 0 Å². The van der Waals surface area contributed by atoms with E-state index in [1.807, 2.05) is 17.5 Å². The fourth-order valence-corrected chi connectivity index (χ4v) is 3.34. The van der Waals surface area contributed by atoms with E-state index in [4.69, 9.17) is 5.11 Å². The SMILES string of the molecule is O=C(O)c1csc(-c2csc(-c3ccncc3)n2)c1. The molecule has 4 nitrogen and oxygen atoms in total. The van der Waals surface area contributed by atoms with Crippen molar-refractivity contribution in [3.8, 4) is 21.1 Å².